The first-order valence-corrected chi connectivity index (χ1v) is 7.34. The van der Waals surface area contributed by atoms with Crippen LogP contribution in [-0.2, 0) is 11.3 Å². The molecule has 2 N–H and O–H groups in total. The fourth-order valence-corrected chi connectivity index (χ4v) is 2.87. The molecule has 2 fully saturated rings. The van der Waals surface area contributed by atoms with Crippen molar-refractivity contribution < 1.29 is 14.3 Å². The van der Waals surface area contributed by atoms with Gasteiger partial charge in [0.1, 0.15) is 11.5 Å². The van der Waals surface area contributed by atoms with Gasteiger partial charge in [-0.3, -0.25) is 9.69 Å². The van der Waals surface area contributed by atoms with Crippen molar-refractivity contribution in [3.8, 4) is 0 Å². The summed E-state index contributed by atoms with van der Waals surface area (Å²) in [5.41, 5.74) is 0. The SMILES string of the molecule is Cc1ccc(CN2C[C@@H](CO)[C@H](NC(=O)C3CC3)C2)o1. The maximum atomic E-state index is 11.9. The number of hydrogen-bond donors (Lipinski definition) is 2. The number of aryl methyl sites for hydroxylation is 1. The molecule has 5 nitrogen and oxygen atoms in total. The highest BCUT2D eigenvalue weighted by molar-refractivity contribution is 5.81. The van der Waals surface area contributed by atoms with Gasteiger partial charge in [-0.05, 0) is 31.9 Å². The number of aliphatic hydroxyl groups is 1. The molecule has 2 heterocycles. The van der Waals surface area contributed by atoms with E-state index in [4.69, 9.17) is 4.42 Å². The minimum absolute atomic E-state index is 0.0594. The number of hydrogen-bond acceptors (Lipinski definition) is 4. The van der Waals surface area contributed by atoms with Crippen molar-refractivity contribution in [1.82, 2.24) is 10.2 Å². The van der Waals surface area contributed by atoms with Crippen LogP contribution in [0.5, 0.6) is 0 Å². The Bertz CT molecular complexity index is 481. The van der Waals surface area contributed by atoms with Crippen LogP contribution in [0.25, 0.3) is 0 Å². The van der Waals surface area contributed by atoms with E-state index in [9.17, 15) is 9.90 Å². The second-order valence-electron chi connectivity index (χ2n) is 6.04. The molecule has 0 unspecified atom stereocenters. The van der Waals surface area contributed by atoms with E-state index in [-0.39, 0.29) is 30.4 Å². The summed E-state index contributed by atoms with van der Waals surface area (Å²) in [6, 6.07) is 4.00. The van der Waals surface area contributed by atoms with Crippen LogP contribution in [0.15, 0.2) is 16.5 Å². The molecular formula is C15H22N2O3. The Morgan fingerprint density at radius 3 is 2.85 bits per heavy atom. The molecule has 0 bridgehead atoms. The second kappa shape index (κ2) is 5.58. The predicted octanol–water partition coefficient (Wildman–Crippen LogP) is 0.907. The Morgan fingerprint density at radius 2 is 2.25 bits per heavy atom. The summed E-state index contributed by atoms with van der Waals surface area (Å²) in [5, 5.41) is 12.6. The van der Waals surface area contributed by atoms with Gasteiger partial charge >= 0.3 is 0 Å². The number of carbonyl (C=O) groups excluding carboxylic acids is 1. The minimum atomic E-state index is 0.0594. The number of amides is 1. The van der Waals surface area contributed by atoms with E-state index in [2.05, 4.69) is 10.2 Å². The molecule has 1 aromatic heterocycles. The smallest absolute Gasteiger partial charge is 0.223 e. The summed E-state index contributed by atoms with van der Waals surface area (Å²) < 4.78 is 5.59. The number of nitrogens with one attached hydrogen (secondary N) is 1. The number of rotatable bonds is 5. The quantitative estimate of drug-likeness (QED) is 0.840. The van der Waals surface area contributed by atoms with Gasteiger partial charge in [-0.2, -0.15) is 0 Å². The highest BCUT2D eigenvalue weighted by atomic mass is 16.3. The molecular weight excluding hydrogens is 256 g/mol. The van der Waals surface area contributed by atoms with Gasteiger partial charge < -0.3 is 14.8 Å². The van der Waals surface area contributed by atoms with Gasteiger partial charge in [-0.25, -0.2) is 0 Å². The van der Waals surface area contributed by atoms with Crippen molar-refractivity contribution in [3.05, 3.63) is 23.7 Å². The van der Waals surface area contributed by atoms with Gasteiger partial charge in [-0.15, -0.1) is 0 Å². The van der Waals surface area contributed by atoms with E-state index in [1.54, 1.807) is 0 Å². The molecule has 0 spiro atoms. The predicted molar refractivity (Wildman–Crippen MR) is 74.0 cm³/mol. The van der Waals surface area contributed by atoms with Crippen LogP contribution in [0, 0.1) is 18.8 Å². The first-order chi connectivity index (χ1) is 9.65. The third-order valence-electron chi connectivity index (χ3n) is 4.20. The molecule has 20 heavy (non-hydrogen) atoms. The molecule has 5 heteroatoms. The molecule has 2 aliphatic rings. The fraction of sp³-hybridized carbons (Fsp3) is 0.667. The van der Waals surface area contributed by atoms with Crippen molar-refractivity contribution >= 4 is 5.91 Å². The first kappa shape index (κ1) is 13.6. The number of furan rings is 1. The van der Waals surface area contributed by atoms with Gasteiger partial charge in [0, 0.05) is 37.6 Å². The lowest BCUT2D eigenvalue weighted by Gasteiger charge is -2.17. The molecule has 1 aliphatic heterocycles. The van der Waals surface area contributed by atoms with E-state index in [0.29, 0.717) is 0 Å². The summed E-state index contributed by atoms with van der Waals surface area (Å²) in [6.07, 6.45) is 2.02. The lowest BCUT2D eigenvalue weighted by molar-refractivity contribution is -0.123. The number of likely N-dealkylation sites (tertiary alicyclic amines) is 1. The number of nitrogens with zero attached hydrogens (tertiary/aromatic N) is 1. The number of carbonyl (C=O) groups is 1. The lowest BCUT2D eigenvalue weighted by Crippen LogP contribution is -2.42. The lowest BCUT2D eigenvalue weighted by atomic mass is 10.1. The van der Waals surface area contributed by atoms with Crippen LogP contribution in [-0.4, -0.2) is 41.7 Å². The maximum absolute atomic E-state index is 11.9. The Kier molecular flexibility index (Phi) is 3.81. The standard InChI is InChI=1S/C15H22N2O3/c1-10-2-5-13(20-10)7-17-6-12(9-18)14(8-17)16-15(19)11-3-4-11/h2,5,11-12,14,18H,3-4,6-9H2,1H3,(H,16,19)/t12-,14+/m0/s1. The molecule has 3 rings (SSSR count). The van der Waals surface area contributed by atoms with E-state index >= 15 is 0 Å². The van der Waals surface area contributed by atoms with Gasteiger partial charge in [-0.1, -0.05) is 0 Å². The molecule has 1 amide bonds. The normalized spacial score (nSPS) is 26.9. The molecule has 0 aromatic carbocycles. The van der Waals surface area contributed by atoms with E-state index in [1.165, 1.54) is 0 Å². The average Bonchev–Trinajstić information content (AvgIpc) is 3.10. The van der Waals surface area contributed by atoms with Crippen LogP contribution in [0.4, 0.5) is 0 Å². The Labute approximate surface area is 118 Å². The summed E-state index contributed by atoms with van der Waals surface area (Å²) in [4.78, 5) is 14.1. The second-order valence-corrected chi connectivity index (χ2v) is 6.04. The molecule has 1 aromatic rings. The maximum Gasteiger partial charge on any atom is 0.223 e. The van der Waals surface area contributed by atoms with Crippen molar-refractivity contribution in [2.24, 2.45) is 11.8 Å². The third-order valence-corrected chi connectivity index (χ3v) is 4.20. The van der Waals surface area contributed by atoms with Crippen molar-refractivity contribution in [2.75, 3.05) is 19.7 Å². The summed E-state index contributed by atoms with van der Waals surface area (Å²) in [6.45, 7) is 4.36. The molecule has 110 valence electrons. The van der Waals surface area contributed by atoms with E-state index in [0.717, 1.165) is 44.0 Å². The van der Waals surface area contributed by atoms with Gasteiger partial charge in [0.2, 0.25) is 5.91 Å². The summed E-state index contributed by atoms with van der Waals surface area (Å²) in [7, 11) is 0. The Balaban J connectivity index is 1.57. The van der Waals surface area contributed by atoms with Crippen LogP contribution in [0.3, 0.4) is 0 Å². The number of aliphatic hydroxyl groups excluding tert-OH is 1. The topological polar surface area (TPSA) is 65.7 Å². The zero-order valence-electron chi connectivity index (χ0n) is 11.8. The summed E-state index contributed by atoms with van der Waals surface area (Å²) in [5.74, 6) is 2.35. The molecule has 0 radical (unpaired) electrons. The van der Waals surface area contributed by atoms with E-state index < -0.39 is 0 Å². The van der Waals surface area contributed by atoms with Gasteiger partial charge in [0.25, 0.3) is 0 Å². The minimum Gasteiger partial charge on any atom is -0.465 e. The fourth-order valence-electron chi connectivity index (χ4n) is 2.87. The molecule has 1 saturated heterocycles. The molecule has 1 saturated carbocycles. The summed E-state index contributed by atoms with van der Waals surface area (Å²) >= 11 is 0. The average molecular weight is 278 g/mol. The monoisotopic (exact) mass is 278 g/mol. The largest absolute Gasteiger partial charge is 0.465 e. The van der Waals surface area contributed by atoms with Crippen molar-refractivity contribution in [1.29, 1.82) is 0 Å². The zero-order valence-corrected chi connectivity index (χ0v) is 11.8. The highest BCUT2D eigenvalue weighted by Crippen LogP contribution is 2.30. The Morgan fingerprint density at radius 1 is 1.45 bits per heavy atom. The first-order valence-electron chi connectivity index (χ1n) is 7.34. The van der Waals surface area contributed by atoms with Crippen molar-refractivity contribution in [3.63, 3.8) is 0 Å². The van der Waals surface area contributed by atoms with Crippen molar-refractivity contribution in [2.45, 2.75) is 32.4 Å². The highest BCUT2D eigenvalue weighted by Gasteiger charge is 2.37. The molecule has 1 aliphatic carbocycles. The van der Waals surface area contributed by atoms with Gasteiger partial charge in [0.05, 0.1) is 6.54 Å². The van der Waals surface area contributed by atoms with Gasteiger partial charge in [0.15, 0.2) is 0 Å². The van der Waals surface area contributed by atoms with Crippen LogP contribution in [0.2, 0.25) is 0 Å². The van der Waals surface area contributed by atoms with Crippen LogP contribution >= 0.6 is 0 Å². The van der Waals surface area contributed by atoms with Crippen LogP contribution in [0.1, 0.15) is 24.4 Å². The van der Waals surface area contributed by atoms with E-state index in [1.807, 2.05) is 19.1 Å². The third kappa shape index (κ3) is 3.04. The molecule has 2 atom stereocenters. The Hall–Kier alpha value is -1.33. The zero-order chi connectivity index (χ0) is 14.1. The van der Waals surface area contributed by atoms with Crippen LogP contribution < -0.4 is 5.32 Å².